The SMILES string of the molecule is O=C(O)N[C@@H](Cc1c[nH]c2ccccc12)C(=O)N1CCC2(CC1)c1ccccc1C[C@H]2O. The topological polar surface area (TPSA) is 106 Å². The molecule has 1 saturated heterocycles. The van der Waals surface area contributed by atoms with Gasteiger partial charge in [-0.15, -0.1) is 0 Å². The number of aliphatic hydroxyl groups excluding tert-OH is 1. The molecular formula is C25H27N3O4. The molecule has 1 aromatic heterocycles. The monoisotopic (exact) mass is 433 g/mol. The minimum absolute atomic E-state index is 0.215. The van der Waals surface area contributed by atoms with Crippen LogP contribution in [0.5, 0.6) is 0 Å². The molecule has 2 aliphatic rings. The van der Waals surface area contributed by atoms with Crippen molar-refractivity contribution in [2.24, 2.45) is 0 Å². The van der Waals surface area contributed by atoms with Crippen molar-refractivity contribution in [3.05, 3.63) is 71.4 Å². The number of hydrogen-bond donors (Lipinski definition) is 4. The third kappa shape index (κ3) is 3.42. The second-order valence-electron chi connectivity index (χ2n) is 8.92. The number of aliphatic hydroxyl groups is 1. The highest BCUT2D eigenvalue weighted by atomic mass is 16.4. The first-order chi connectivity index (χ1) is 15.5. The minimum Gasteiger partial charge on any atom is -0.465 e. The van der Waals surface area contributed by atoms with Crippen molar-refractivity contribution in [3.63, 3.8) is 0 Å². The van der Waals surface area contributed by atoms with Crippen molar-refractivity contribution < 1.29 is 19.8 Å². The summed E-state index contributed by atoms with van der Waals surface area (Å²) in [6.45, 7) is 0.992. The molecule has 3 aromatic rings. The van der Waals surface area contributed by atoms with Crippen LogP contribution in [0.25, 0.3) is 10.9 Å². The quantitative estimate of drug-likeness (QED) is 0.508. The second kappa shape index (κ2) is 7.98. The zero-order valence-corrected chi connectivity index (χ0v) is 17.8. The summed E-state index contributed by atoms with van der Waals surface area (Å²) in [6, 6.07) is 15.1. The molecule has 7 nitrogen and oxygen atoms in total. The lowest BCUT2D eigenvalue weighted by Gasteiger charge is -2.43. The molecule has 32 heavy (non-hydrogen) atoms. The Morgan fingerprint density at radius 1 is 1.12 bits per heavy atom. The molecule has 1 spiro atoms. The van der Waals surface area contributed by atoms with Crippen LogP contribution in [0, 0.1) is 0 Å². The van der Waals surface area contributed by atoms with Crippen LogP contribution in [-0.4, -0.2) is 57.3 Å². The Balaban J connectivity index is 1.34. The fourth-order valence-corrected chi connectivity index (χ4v) is 5.59. The van der Waals surface area contributed by atoms with Crippen LogP contribution < -0.4 is 5.32 Å². The largest absolute Gasteiger partial charge is 0.465 e. The summed E-state index contributed by atoms with van der Waals surface area (Å²) in [4.78, 5) is 29.7. The predicted molar refractivity (Wildman–Crippen MR) is 121 cm³/mol. The average Bonchev–Trinajstić information content (AvgIpc) is 3.32. The lowest BCUT2D eigenvalue weighted by atomic mass is 9.72. The standard InChI is InChI=1S/C25H27N3O4/c29-22-14-16-5-1-3-7-19(16)25(22)9-11-28(12-10-25)23(30)21(27-24(31)32)13-17-15-26-20-8-4-2-6-18(17)20/h1-8,15,21-22,26-27,29H,9-14H2,(H,31,32)/t21-,22+/m0/s1. The Morgan fingerprint density at radius 3 is 2.62 bits per heavy atom. The molecule has 2 atom stereocenters. The summed E-state index contributed by atoms with van der Waals surface area (Å²) in [5, 5.41) is 23.6. The van der Waals surface area contributed by atoms with Gasteiger partial charge >= 0.3 is 6.09 Å². The van der Waals surface area contributed by atoms with Crippen molar-refractivity contribution in [2.75, 3.05) is 13.1 Å². The van der Waals surface area contributed by atoms with Gasteiger partial charge in [-0.1, -0.05) is 42.5 Å². The smallest absolute Gasteiger partial charge is 0.405 e. The van der Waals surface area contributed by atoms with Gasteiger partial charge in [0.25, 0.3) is 0 Å². The van der Waals surface area contributed by atoms with Gasteiger partial charge in [0, 0.05) is 42.0 Å². The van der Waals surface area contributed by atoms with Crippen LogP contribution in [0.1, 0.15) is 29.5 Å². The molecule has 166 valence electrons. The summed E-state index contributed by atoms with van der Waals surface area (Å²) in [7, 11) is 0. The van der Waals surface area contributed by atoms with E-state index in [4.69, 9.17) is 0 Å². The zero-order chi connectivity index (χ0) is 22.3. The van der Waals surface area contributed by atoms with Gasteiger partial charge in [-0.05, 0) is 42.0 Å². The number of amides is 2. The van der Waals surface area contributed by atoms with Crippen molar-refractivity contribution in [3.8, 4) is 0 Å². The highest BCUT2D eigenvalue weighted by molar-refractivity contribution is 5.88. The van der Waals surface area contributed by atoms with E-state index in [-0.39, 0.29) is 17.7 Å². The Labute approximate surface area is 186 Å². The number of nitrogens with one attached hydrogen (secondary N) is 2. The summed E-state index contributed by atoms with van der Waals surface area (Å²) in [5.74, 6) is -0.215. The Bertz CT molecular complexity index is 1160. The number of fused-ring (bicyclic) bond motifs is 3. The minimum atomic E-state index is -1.21. The van der Waals surface area contributed by atoms with Gasteiger partial charge in [-0.3, -0.25) is 4.79 Å². The zero-order valence-electron chi connectivity index (χ0n) is 17.8. The summed E-state index contributed by atoms with van der Waals surface area (Å²) in [6.07, 6.45) is 2.45. The van der Waals surface area contributed by atoms with E-state index >= 15 is 0 Å². The maximum atomic E-state index is 13.4. The van der Waals surface area contributed by atoms with Gasteiger partial charge < -0.3 is 25.4 Å². The third-order valence-electron chi connectivity index (χ3n) is 7.27. The average molecular weight is 434 g/mol. The Kier molecular flexibility index (Phi) is 5.13. The fraction of sp³-hybridized carbons (Fsp3) is 0.360. The van der Waals surface area contributed by atoms with Crippen LogP contribution in [0.2, 0.25) is 0 Å². The first kappa shape index (κ1) is 20.6. The lowest BCUT2D eigenvalue weighted by molar-refractivity contribution is -0.135. The number of hydrogen-bond acceptors (Lipinski definition) is 3. The molecule has 2 amide bonds. The van der Waals surface area contributed by atoms with Crippen molar-refractivity contribution in [1.82, 2.24) is 15.2 Å². The van der Waals surface area contributed by atoms with E-state index in [9.17, 15) is 19.8 Å². The number of H-pyrrole nitrogens is 1. The molecular weight excluding hydrogens is 406 g/mol. The Morgan fingerprint density at radius 2 is 1.84 bits per heavy atom. The van der Waals surface area contributed by atoms with Gasteiger partial charge in [0.2, 0.25) is 5.91 Å². The number of nitrogens with zero attached hydrogens (tertiary/aromatic N) is 1. The second-order valence-corrected chi connectivity index (χ2v) is 8.92. The first-order valence-corrected chi connectivity index (χ1v) is 11.1. The van der Waals surface area contributed by atoms with Crippen molar-refractivity contribution in [1.29, 1.82) is 0 Å². The molecule has 4 N–H and O–H groups in total. The summed E-state index contributed by atoms with van der Waals surface area (Å²) >= 11 is 0. The van der Waals surface area contributed by atoms with Crippen LogP contribution in [-0.2, 0) is 23.1 Å². The molecule has 1 fully saturated rings. The molecule has 0 radical (unpaired) electrons. The van der Waals surface area contributed by atoms with Crippen molar-refractivity contribution >= 4 is 22.9 Å². The van der Waals surface area contributed by atoms with E-state index in [0.29, 0.717) is 32.4 Å². The maximum absolute atomic E-state index is 13.4. The molecule has 1 aliphatic heterocycles. The normalized spacial score (nSPS) is 20.3. The van der Waals surface area contributed by atoms with Crippen molar-refractivity contribution in [2.45, 2.75) is 43.2 Å². The molecule has 2 heterocycles. The van der Waals surface area contributed by atoms with Gasteiger partial charge in [-0.2, -0.15) is 0 Å². The van der Waals surface area contributed by atoms with Gasteiger partial charge in [0.05, 0.1) is 6.10 Å². The fourth-order valence-electron chi connectivity index (χ4n) is 5.59. The number of carboxylic acid groups (broad SMARTS) is 1. The number of aromatic amines is 1. The predicted octanol–water partition coefficient (Wildman–Crippen LogP) is 2.82. The van der Waals surface area contributed by atoms with E-state index in [2.05, 4.69) is 22.4 Å². The number of likely N-dealkylation sites (tertiary alicyclic amines) is 1. The highest BCUT2D eigenvalue weighted by Gasteiger charge is 2.48. The highest BCUT2D eigenvalue weighted by Crippen LogP contribution is 2.46. The molecule has 2 aromatic carbocycles. The number of para-hydroxylation sites is 1. The molecule has 0 saturated carbocycles. The van der Waals surface area contributed by atoms with Gasteiger partial charge in [0.15, 0.2) is 0 Å². The van der Waals surface area contributed by atoms with E-state index in [0.717, 1.165) is 16.5 Å². The van der Waals surface area contributed by atoms with Gasteiger partial charge in [-0.25, -0.2) is 4.79 Å². The lowest BCUT2D eigenvalue weighted by Crippen LogP contribution is -2.54. The number of piperidine rings is 1. The van der Waals surface area contributed by atoms with Crippen LogP contribution >= 0.6 is 0 Å². The molecule has 5 rings (SSSR count). The van der Waals surface area contributed by atoms with E-state index in [1.807, 2.05) is 42.6 Å². The summed E-state index contributed by atoms with van der Waals surface area (Å²) in [5.41, 5.74) is 3.92. The molecule has 0 unspecified atom stereocenters. The number of carbonyl (C=O) groups excluding carboxylic acids is 1. The molecule has 7 heteroatoms. The number of carbonyl (C=O) groups is 2. The maximum Gasteiger partial charge on any atom is 0.405 e. The third-order valence-corrected chi connectivity index (χ3v) is 7.27. The number of rotatable bonds is 4. The Hall–Kier alpha value is -3.32. The van der Waals surface area contributed by atoms with E-state index in [1.54, 1.807) is 4.90 Å². The van der Waals surface area contributed by atoms with E-state index in [1.165, 1.54) is 11.1 Å². The van der Waals surface area contributed by atoms with Crippen LogP contribution in [0.3, 0.4) is 0 Å². The first-order valence-electron chi connectivity index (χ1n) is 11.1. The molecule has 0 bridgehead atoms. The van der Waals surface area contributed by atoms with Crippen LogP contribution in [0.15, 0.2) is 54.7 Å². The van der Waals surface area contributed by atoms with Gasteiger partial charge in [0.1, 0.15) is 6.04 Å². The molecule has 1 aliphatic carbocycles. The number of benzene rings is 2. The van der Waals surface area contributed by atoms with Crippen LogP contribution in [0.4, 0.5) is 4.79 Å². The summed E-state index contributed by atoms with van der Waals surface area (Å²) < 4.78 is 0. The number of aromatic nitrogens is 1. The van der Waals surface area contributed by atoms with E-state index < -0.39 is 18.2 Å².